The Morgan fingerprint density at radius 2 is 1.74 bits per heavy atom. The van der Waals surface area contributed by atoms with Gasteiger partial charge in [0.25, 0.3) is 15.7 Å². The van der Waals surface area contributed by atoms with E-state index in [1.165, 1.54) is 44.5 Å². The molecule has 0 saturated carbocycles. The minimum Gasteiger partial charge on any atom is -0.495 e. The molecular weight excluding hydrogens is 320 g/mol. The van der Waals surface area contributed by atoms with Crippen LogP contribution in [0, 0.1) is 17.0 Å². The molecule has 2 rings (SSSR count). The molecule has 0 aliphatic heterocycles. The minimum absolute atomic E-state index is 0.0964. The van der Waals surface area contributed by atoms with Crippen LogP contribution in [0.25, 0.3) is 0 Å². The van der Waals surface area contributed by atoms with Gasteiger partial charge >= 0.3 is 0 Å². The summed E-state index contributed by atoms with van der Waals surface area (Å²) in [7, 11) is -1.15. The number of hydrogen-bond acceptors (Lipinski definition) is 5. The highest BCUT2D eigenvalue weighted by atomic mass is 32.2. The van der Waals surface area contributed by atoms with Crippen LogP contribution in [0.5, 0.6) is 5.75 Å². The lowest BCUT2D eigenvalue weighted by Crippen LogP contribution is -2.27. The number of non-ortho nitro benzene ring substituents is 1. The van der Waals surface area contributed by atoms with Crippen LogP contribution in [0.4, 0.5) is 11.4 Å². The van der Waals surface area contributed by atoms with E-state index in [4.69, 9.17) is 4.74 Å². The van der Waals surface area contributed by atoms with E-state index < -0.39 is 14.9 Å². The third-order valence-electron chi connectivity index (χ3n) is 3.39. The van der Waals surface area contributed by atoms with E-state index in [2.05, 4.69) is 0 Å². The molecule has 2 aromatic carbocycles. The Morgan fingerprint density at radius 1 is 1.13 bits per heavy atom. The lowest BCUT2D eigenvalue weighted by Gasteiger charge is -2.21. The summed E-state index contributed by atoms with van der Waals surface area (Å²) in [5.74, 6) is 0.230. The molecule has 0 aromatic heterocycles. The molecule has 0 unspecified atom stereocenters. The van der Waals surface area contributed by atoms with Gasteiger partial charge in [-0.25, -0.2) is 8.42 Å². The number of rotatable bonds is 5. The average Bonchev–Trinajstić information content (AvgIpc) is 2.53. The van der Waals surface area contributed by atoms with Crippen molar-refractivity contribution < 1.29 is 18.1 Å². The van der Waals surface area contributed by atoms with E-state index >= 15 is 0 Å². The van der Waals surface area contributed by atoms with Gasteiger partial charge in [0.15, 0.2) is 0 Å². The highest BCUT2D eigenvalue weighted by Gasteiger charge is 2.25. The van der Waals surface area contributed by atoms with Gasteiger partial charge in [-0.2, -0.15) is 0 Å². The van der Waals surface area contributed by atoms with Gasteiger partial charge < -0.3 is 4.74 Å². The number of nitrogens with zero attached hydrogens (tertiary/aromatic N) is 2. The fourth-order valence-electron chi connectivity index (χ4n) is 2.04. The first-order valence-electron chi connectivity index (χ1n) is 6.65. The minimum atomic E-state index is -3.85. The summed E-state index contributed by atoms with van der Waals surface area (Å²) >= 11 is 0. The first-order chi connectivity index (χ1) is 10.8. The maximum atomic E-state index is 12.7. The number of nitro benzene ring substituents is 1. The van der Waals surface area contributed by atoms with Crippen LogP contribution in [0.15, 0.2) is 47.4 Å². The Labute approximate surface area is 134 Å². The van der Waals surface area contributed by atoms with Crippen molar-refractivity contribution in [2.45, 2.75) is 11.8 Å². The molecule has 0 amide bonds. The number of sulfonamides is 1. The fraction of sp³-hybridized carbons (Fsp3) is 0.200. The van der Waals surface area contributed by atoms with Crippen LogP contribution in [0.1, 0.15) is 5.56 Å². The second kappa shape index (κ2) is 6.25. The van der Waals surface area contributed by atoms with E-state index in [0.29, 0.717) is 0 Å². The highest BCUT2D eigenvalue weighted by Crippen LogP contribution is 2.34. The molecule has 0 saturated heterocycles. The molecule has 0 N–H and O–H groups in total. The molecule has 122 valence electrons. The molecule has 0 atom stereocenters. The molecule has 2 aromatic rings. The standard InChI is InChI=1S/C15H16N2O5S/c1-11-4-7-13(8-5-11)23(20,21)16(2)14-10-12(17(18)19)6-9-15(14)22-3/h4-10H,1-3H3. The number of methoxy groups -OCH3 is 1. The summed E-state index contributed by atoms with van der Waals surface area (Å²) in [6.45, 7) is 1.85. The molecule has 0 aliphatic rings. The van der Waals surface area contributed by atoms with Crippen molar-refractivity contribution in [1.82, 2.24) is 0 Å². The summed E-state index contributed by atoms with van der Waals surface area (Å²) in [6.07, 6.45) is 0. The number of hydrogen-bond donors (Lipinski definition) is 0. The van der Waals surface area contributed by atoms with Crippen LogP contribution in [0.2, 0.25) is 0 Å². The Balaban J connectivity index is 2.54. The predicted octanol–water partition coefficient (Wildman–Crippen LogP) is 2.74. The molecule has 0 bridgehead atoms. The quantitative estimate of drug-likeness (QED) is 0.618. The summed E-state index contributed by atoms with van der Waals surface area (Å²) in [4.78, 5) is 10.4. The topological polar surface area (TPSA) is 89.8 Å². The lowest BCUT2D eigenvalue weighted by atomic mass is 10.2. The summed E-state index contributed by atoms with van der Waals surface area (Å²) in [5.41, 5.74) is 0.813. The van der Waals surface area contributed by atoms with Crippen LogP contribution < -0.4 is 9.04 Å². The van der Waals surface area contributed by atoms with Crippen molar-refractivity contribution in [3.63, 3.8) is 0 Å². The van der Waals surface area contributed by atoms with Gasteiger partial charge in [0, 0.05) is 19.2 Å². The van der Waals surface area contributed by atoms with Crippen molar-refractivity contribution in [2.24, 2.45) is 0 Å². The molecule has 0 heterocycles. The first kappa shape index (κ1) is 16.8. The van der Waals surface area contributed by atoms with Gasteiger partial charge in [0.1, 0.15) is 11.4 Å². The zero-order valence-corrected chi connectivity index (χ0v) is 13.7. The van der Waals surface area contributed by atoms with Crippen LogP contribution in [-0.4, -0.2) is 27.5 Å². The first-order valence-corrected chi connectivity index (χ1v) is 8.09. The molecule has 8 heteroatoms. The maximum absolute atomic E-state index is 12.7. The normalized spacial score (nSPS) is 11.1. The Kier molecular flexibility index (Phi) is 4.55. The number of aryl methyl sites for hydroxylation is 1. The predicted molar refractivity (Wildman–Crippen MR) is 86.4 cm³/mol. The van der Waals surface area contributed by atoms with Gasteiger partial charge in [-0.15, -0.1) is 0 Å². The van der Waals surface area contributed by atoms with Crippen molar-refractivity contribution in [3.8, 4) is 5.75 Å². The van der Waals surface area contributed by atoms with E-state index in [1.54, 1.807) is 12.1 Å². The largest absolute Gasteiger partial charge is 0.495 e. The van der Waals surface area contributed by atoms with E-state index in [1.807, 2.05) is 6.92 Å². The number of nitro groups is 1. The van der Waals surface area contributed by atoms with Gasteiger partial charge in [-0.05, 0) is 25.1 Å². The zero-order valence-electron chi connectivity index (χ0n) is 12.9. The van der Waals surface area contributed by atoms with Crippen molar-refractivity contribution in [3.05, 3.63) is 58.1 Å². The molecule has 0 aliphatic carbocycles. The molecule has 23 heavy (non-hydrogen) atoms. The Morgan fingerprint density at radius 3 is 2.26 bits per heavy atom. The Hall–Kier alpha value is -2.61. The number of benzene rings is 2. The van der Waals surface area contributed by atoms with Crippen LogP contribution in [0.3, 0.4) is 0 Å². The second-order valence-corrected chi connectivity index (χ2v) is 6.87. The lowest BCUT2D eigenvalue weighted by molar-refractivity contribution is -0.384. The molecule has 0 spiro atoms. The average molecular weight is 336 g/mol. The SMILES string of the molecule is COc1ccc([N+](=O)[O-])cc1N(C)S(=O)(=O)c1ccc(C)cc1. The van der Waals surface area contributed by atoms with Crippen molar-refractivity contribution in [1.29, 1.82) is 0 Å². The van der Waals surface area contributed by atoms with Crippen molar-refractivity contribution in [2.75, 3.05) is 18.5 Å². The molecule has 0 fully saturated rings. The smallest absolute Gasteiger partial charge is 0.271 e. The van der Waals surface area contributed by atoms with E-state index in [9.17, 15) is 18.5 Å². The maximum Gasteiger partial charge on any atom is 0.271 e. The van der Waals surface area contributed by atoms with Crippen LogP contribution >= 0.6 is 0 Å². The molecule has 7 nitrogen and oxygen atoms in total. The number of ether oxygens (including phenoxy) is 1. The third kappa shape index (κ3) is 3.26. The van der Waals surface area contributed by atoms with Crippen molar-refractivity contribution >= 4 is 21.4 Å². The fourth-order valence-corrected chi connectivity index (χ4v) is 3.23. The summed E-state index contributed by atoms with van der Waals surface area (Å²) in [6, 6.07) is 10.2. The monoisotopic (exact) mass is 336 g/mol. The summed E-state index contributed by atoms with van der Waals surface area (Å²) in [5, 5.41) is 10.9. The van der Waals surface area contributed by atoms with Gasteiger partial charge in [-0.1, -0.05) is 17.7 Å². The number of anilines is 1. The van der Waals surface area contributed by atoms with Gasteiger partial charge in [-0.3, -0.25) is 14.4 Å². The summed E-state index contributed by atoms with van der Waals surface area (Å²) < 4.78 is 31.5. The van der Waals surface area contributed by atoms with E-state index in [0.717, 1.165) is 9.87 Å². The molecular formula is C15H16N2O5S. The zero-order chi connectivity index (χ0) is 17.2. The van der Waals surface area contributed by atoms with Crippen LogP contribution in [-0.2, 0) is 10.0 Å². The van der Waals surface area contributed by atoms with Gasteiger partial charge in [0.05, 0.1) is 16.9 Å². The van der Waals surface area contributed by atoms with E-state index in [-0.39, 0.29) is 22.0 Å². The molecule has 0 radical (unpaired) electrons. The Bertz CT molecular complexity index is 831. The third-order valence-corrected chi connectivity index (χ3v) is 5.18. The van der Waals surface area contributed by atoms with Gasteiger partial charge in [0.2, 0.25) is 0 Å². The highest BCUT2D eigenvalue weighted by molar-refractivity contribution is 7.92. The second-order valence-electron chi connectivity index (χ2n) is 4.90.